The van der Waals surface area contributed by atoms with Crippen molar-refractivity contribution in [1.82, 2.24) is 19.9 Å². The lowest BCUT2D eigenvalue weighted by atomic mass is 9.80. The molecule has 5 aromatic carbocycles. The fraction of sp³-hybridized carbons (Fsp3) is 0.125. The summed E-state index contributed by atoms with van der Waals surface area (Å²) in [7, 11) is 0. The molecule has 0 spiro atoms. The predicted octanol–water partition coefficient (Wildman–Crippen LogP) is 11.7. The van der Waals surface area contributed by atoms with Crippen molar-refractivity contribution in [2.24, 2.45) is 0 Å². The molecular formula is C48H36N4. The number of hydrogen-bond acceptors (Lipinski definition) is 4. The second kappa shape index (κ2) is 11.1. The molecule has 0 fully saturated rings. The summed E-state index contributed by atoms with van der Waals surface area (Å²) in [4.78, 5) is 19.1. The summed E-state index contributed by atoms with van der Waals surface area (Å²) in [5.74, 6) is 0. The second-order valence-corrected chi connectivity index (χ2v) is 15.2. The zero-order valence-electron chi connectivity index (χ0n) is 29.6. The van der Waals surface area contributed by atoms with Gasteiger partial charge in [0.2, 0.25) is 0 Å². The maximum Gasteiger partial charge on any atom is 0.0973 e. The first-order chi connectivity index (χ1) is 25.3. The first-order valence-electron chi connectivity index (χ1n) is 17.9. The summed E-state index contributed by atoms with van der Waals surface area (Å²) in [6, 6.07) is 44.0. The third-order valence-corrected chi connectivity index (χ3v) is 11.5. The van der Waals surface area contributed by atoms with Crippen molar-refractivity contribution in [3.05, 3.63) is 168 Å². The van der Waals surface area contributed by atoms with Gasteiger partial charge in [0.25, 0.3) is 0 Å². The van der Waals surface area contributed by atoms with Crippen LogP contribution in [0.5, 0.6) is 0 Å². The van der Waals surface area contributed by atoms with E-state index < -0.39 is 0 Å². The van der Waals surface area contributed by atoms with E-state index in [9.17, 15) is 0 Å². The molecule has 52 heavy (non-hydrogen) atoms. The van der Waals surface area contributed by atoms with Crippen LogP contribution in [0.1, 0.15) is 49.9 Å². The third kappa shape index (κ3) is 4.53. The van der Waals surface area contributed by atoms with E-state index in [0.717, 1.165) is 33.5 Å². The minimum Gasteiger partial charge on any atom is -0.265 e. The van der Waals surface area contributed by atoms with E-state index in [1.165, 1.54) is 66.8 Å². The van der Waals surface area contributed by atoms with Crippen molar-refractivity contribution >= 4 is 11.0 Å². The maximum absolute atomic E-state index is 5.34. The number of fused-ring (bicyclic) bond motifs is 7. The molecule has 2 aliphatic rings. The highest BCUT2D eigenvalue weighted by molar-refractivity contribution is 5.92. The topological polar surface area (TPSA) is 51.6 Å². The molecule has 8 aromatic rings. The number of para-hydroxylation sites is 2. The summed E-state index contributed by atoms with van der Waals surface area (Å²) < 4.78 is 0. The van der Waals surface area contributed by atoms with Gasteiger partial charge in [0, 0.05) is 46.7 Å². The smallest absolute Gasteiger partial charge is 0.0973 e. The number of benzene rings is 5. The molecule has 0 aliphatic heterocycles. The Kier molecular flexibility index (Phi) is 6.53. The quantitative estimate of drug-likeness (QED) is 0.187. The molecule has 0 amide bonds. The molecule has 4 nitrogen and oxygen atoms in total. The predicted molar refractivity (Wildman–Crippen MR) is 212 cm³/mol. The van der Waals surface area contributed by atoms with Gasteiger partial charge < -0.3 is 0 Å². The molecule has 0 N–H and O–H groups in total. The Morgan fingerprint density at radius 3 is 1.04 bits per heavy atom. The van der Waals surface area contributed by atoms with E-state index >= 15 is 0 Å². The molecule has 0 atom stereocenters. The summed E-state index contributed by atoms with van der Waals surface area (Å²) in [5.41, 5.74) is 20.6. The Balaban J connectivity index is 1.10. The van der Waals surface area contributed by atoms with Gasteiger partial charge in [-0.05, 0) is 127 Å². The molecule has 248 valence electrons. The molecule has 3 heterocycles. The molecule has 10 rings (SSSR count). The zero-order valence-corrected chi connectivity index (χ0v) is 29.6. The van der Waals surface area contributed by atoms with Gasteiger partial charge in [0.05, 0.1) is 22.4 Å². The third-order valence-electron chi connectivity index (χ3n) is 11.5. The van der Waals surface area contributed by atoms with Crippen molar-refractivity contribution in [2.75, 3.05) is 0 Å². The van der Waals surface area contributed by atoms with E-state index in [1.54, 1.807) is 0 Å². The molecule has 0 saturated heterocycles. The van der Waals surface area contributed by atoms with Gasteiger partial charge in [-0.1, -0.05) is 88.4 Å². The van der Waals surface area contributed by atoms with E-state index in [0.29, 0.717) is 0 Å². The second-order valence-electron chi connectivity index (χ2n) is 15.2. The van der Waals surface area contributed by atoms with Crippen molar-refractivity contribution in [3.8, 4) is 67.0 Å². The average Bonchev–Trinajstić information content (AvgIpc) is 3.56. The van der Waals surface area contributed by atoms with E-state index in [2.05, 4.69) is 147 Å². The van der Waals surface area contributed by atoms with Gasteiger partial charge in [-0.3, -0.25) is 9.97 Å². The van der Waals surface area contributed by atoms with Gasteiger partial charge in [-0.2, -0.15) is 0 Å². The highest BCUT2D eigenvalue weighted by Crippen LogP contribution is 2.53. The van der Waals surface area contributed by atoms with Crippen LogP contribution in [0.15, 0.2) is 146 Å². The van der Waals surface area contributed by atoms with Crippen LogP contribution < -0.4 is 0 Å². The monoisotopic (exact) mass is 668 g/mol. The summed E-state index contributed by atoms with van der Waals surface area (Å²) in [5, 5.41) is 0. The van der Waals surface area contributed by atoms with Crippen molar-refractivity contribution in [2.45, 2.75) is 38.5 Å². The lowest BCUT2D eigenvalue weighted by Crippen LogP contribution is -2.15. The van der Waals surface area contributed by atoms with Crippen LogP contribution in [0.2, 0.25) is 0 Å². The highest BCUT2D eigenvalue weighted by Gasteiger charge is 2.38. The largest absolute Gasteiger partial charge is 0.265 e. The van der Waals surface area contributed by atoms with Crippen molar-refractivity contribution in [3.63, 3.8) is 0 Å². The number of aromatic nitrogens is 4. The number of rotatable bonds is 4. The van der Waals surface area contributed by atoms with Crippen LogP contribution in [-0.2, 0) is 10.8 Å². The zero-order chi connectivity index (χ0) is 35.2. The number of hydrogen-bond donors (Lipinski definition) is 0. The fourth-order valence-electron chi connectivity index (χ4n) is 8.62. The Hall–Kier alpha value is -6.26. The molecule has 0 saturated carbocycles. The molecule has 3 aromatic heterocycles. The Morgan fingerprint density at radius 1 is 0.346 bits per heavy atom. The van der Waals surface area contributed by atoms with Crippen LogP contribution in [0, 0.1) is 0 Å². The van der Waals surface area contributed by atoms with Crippen LogP contribution in [-0.4, -0.2) is 19.9 Å². The summed E-state index contributed by atoms with van der Waals surface area (Å²) in [6.45, 7) is 9.35. The summed E-state index contributed by atoms with van der Waals surface area (Å²) in [6.07, 6.45) is 7.43. The maximum atomic E-state index is 5.34. The first kappa shape index (κ1) is 30.6. The van der Waals surface area contributed by atoms with Crippen LogP contribution in [0.25, 0.3) is 78.1 Å². The lowest BCUT2D eigenvalue weighted by molar-refractivity contribution is 0.660. The van der Waals surface area contributed by atoms with Crippen molar-refractivity contribution < 1.29 is 0 Å². The Bertz CT molecular complexity index is 2540. The Morgan fingerprint density at radius 2 is 0.673 bits per heavy atom. The van der Waals surface area contributed by atoms with Crippen molar-refractivity contribution in [1.29, 1.82) is 0 Å². The summed E-state index contributed by atoms with van der Waals surface area (Å²) >= 11 is 0. The van der Waals surface area contributed by atoms with Gasteiger partial charge in [0.1, 0.15) is 0 Å². The minimum atomic E-state index is -0.188. The Labute approximate surface area is 304 Å². The van der Waals surface area contributed by atoms with E-state index in [1.807, 2.05) is 36.9 Å². The number of nitrogens with zero attached hydrogens (tertiary/aromatic N) is 4. The van der Waals surface area contributed by atoms with E-state index in [-0.39, 0.29) is 10.8 Å². The van der Waals surface area contributed by atoms with Crippen LogP contribution >= 0.6 is 0 Å². The minimum absolute atomic E-state index is 0.188. The van der Waals surface area contributed by atoms with Crippen LogP contribution in [0.3, 0.4) is 0 Å². The van der Waals surface area contributed by atoms with E-state index in [4.69, 9.17) is 9.97 Å². The average molecular weight is 669 g/mol. The SMILES string of the molecule is CC1(C)c2cc(-c3ccncc3)ccc2-c2ccc(-c3nc4ccccc4nc3-c3ccc4c(c3)C(C)(C)c3cc(-c5ccncc5)ccc3-4)cc21. The first-order valence-corrected chi connectivity index (χ1v) is 17.9. The van der Waals surface area contributed by atoms with Crippen LogP contribution in [0.4, 0.5) is 0 Å². The van der Waals surface area contributed by atoms with Gasteiger partial charge in [-0.25, -0.2) is 9.97 Å². The highest BCUT2D eigenvalue weighted by atomic mass is 14.8. The molecule has 0 radical (unpaired) electrons. The fourth-order valence-corrected chi connectivity index (χ4v) is 8.62. The van der Waals surface area contributed by atoms with Gasteiger partial charge >= 0.3 is 0 Å². The molecule has 0 unspecified atom stereocenters. The molecule has 2 aliphatic carbocycles. The molecule has 4 heteroatoms. The normalized spacial score (nSPS) is 14.5. The van der Waals surface area contributed by atoms with Gasteiger partial charge in [0.15, 0.2) is 0 Å². The lowest BCUT2D eigenvalue weighted by Gasteiger charge is -2.23. The standard InChI is InChI=1S/C48H36N4/c1-47(2)39-25-31(29-17-21-49-22-18-29)9-13-35(39)37-15-11-33(27-41(37)47)45-46(52-44-8-6-5-7-43(44)51-45)34-12-16-38-36-14-10-32(30-19-23-50-24-20-30)26-40(36)48(3,4)42(38)28-34/h5-28H,1-4H3. The van der Waals surface area contributed by atoms with Gasteiger partial charge in [-0.15, -0.1) is 0 Å². The number of pyridine rings is 2. The molecule has 0 bridgehead atoms. The molecular weight excluding hydrogens is 633 g/mol.